The summed E-state index contributed by atoms with van der Waals surface area (Å²) in [6.45, 7) is 3.67. The van der Waals surface area contributed by atoms with Crippen LogP contribution in [-0.4, -0.2) is 42.0 Å². The maximum Gasteiger partial charge on any atom is 0.177 e. The number of alkyl halides is 1. The minimum Gasteiger partial charge on any atom is -0.303 e. The molecule has 0 aromatic heterocycles. The Labute approximate surface area is 118 Å². The summed E-state index contributed by atoms with van der Waals surface area (Å²) in [5.74, 6) is 1.16. The predicted octanol–water partition coefficient (Wildman–Crippen LogP) is 3.30. The van der Waals surface area contributed by atoms with Gasteiger partial charge in [-0.25, -0.2) is 0 Å². The lowest BCUT2D eigenvalue weighted by atomic mass is 10.1. The van der Waals surface area contributed by atoms with E-state index in [0.717, 1.165) is 12.3 Å². The highest BCUT2D eigenvalue weighted by molar-refractivity contribution is 7.99. The second-order valence-corrected chi connectivity index (χ2v) is 5.91. The third-order valence-electron chi connectivity index (χ3n) is 3.17. The van der Waals surface area contributed by atoms with Crippen molar-refractivity contribution in [2.45, 2.75) is 17.7 Å². The second-order valence-electron chi connectivity index (χ2n) is 4.48. The molecule has 1 fully saturated rings. The normalized spacial score (nSPS) is 16.1. The number of Topliss-reactive ketones (excluding diaryl/α,β-unsaturated/α-hetero) is 1. The molecule has 0 unspecified atom stereocenters. The molecule has 2 rings (SSSR count). The van der Waals surface area contributed by atoms with E-state index < -0.39 is 0 Å². The highest BCUT2D eigenvalue weighted by atomic mass is 35.5. The van der Waals surface area contributed by atoms with Gasteiger partial charge in [0.05, 0.1) is 5.88 Å². The van der Waals surface area contributed by atoms with Crippen LogP contribution in [-0.2, 0) is 0 Å². The fourth-order valence-corrected chi connectivity index (χ4v) is 3.18. The van der Waals surface area contributed by atoms with Crippen LogP contribution in [0, 0.1) is 0 Å². The molecule has 1 aromatic rings. The Morgan fingerprint density at radius 1 is 1.22 bits per heavy atom. The summed E-state index contributed by atoms with van der Waals surface area (Å²) in [7, 11) is 0. The van der Waals surface area contributed by atoms with Gasteiger partial charge in [-0.05, 0) is 38.1 Å². The van der Waals surface area contributed by atoms with E-state index >= 15 is 0 Å². The zero-order chi connectivity index (χ0) is 12.8. The number of likely N-dealkylation sites (tertiary alicyclic amines) is 1. The van der Waals surface area contributed by atoms with Gasteiger partial charge in [-0.15, -0.1) is 23.4 Å². The molecular formula is C14H18ClNOS. The molecule has 1 aromatic carbocycles. The maximum atomic E-state index is 11.4. The van der Waals surface area contributed by atoms with Gasteiger partial charge >= 0.3 is 0 Å². The van der Waals surface area contributed by atoms with Crippen molar-refractivity contribution in [3.8, 4) is 0 Å². The van der Waals surface area contributed by atoms with E-state index in [4.69, 9.17) is 11.6 Å². The summed E-state index contributed by atoms with van der Waals surface area (Å²) < 4.78 is 0. The molecule has 0 bridgehead atoms. The Balaban J connectivity index is 1.77. The van der Waals surface area contributed by atoms with Crippen molar-refractivity contribution < 1.29 is 4.79 Å². The molecule has 1 aliphatic rings. The second kappa shape index (κ2) is 7.17. The molecular weight excluding hydrogens is 266 g/mol. The summed E-state index contributed by atoms with van der Waals surface area (Å²) in [6, 6.07) is 7.74. The first kappa shape index (κ1) is 13.9. The topological polar surface area (TPSA) is 20.3 Å². The molecule has 1 heterocycles. The third kappa shape index (κ3) is 4.01. The van der Waals surface area contributed by atoms with Crippen LogP contribution in [0.15, 0.2) is 29.2 Å². The van der Waals surface area contributed by atoms with Gasteiger partial charge in [-0.1, -0.05) is 12.1 Å². The van der Waals surface area contributed by atoms with E-state index in [2.05, 4.69) is 4.90 Å². The summed E-state index contributed by atoms with van der Waals surface area (Å²) >= 11 is 7.37. The lowest BCUT2D eigenvalue weighted by molar-refractivity contribution is 0.102. The molecule has 1 saturated heterocycles. The Hall–Kier alpha value is -0.510. The molecule has 98 valence electrons. The first-order chi connectivity index (χ1) is 8.79. The predicted molar refractivity (Wildman–Crippen MR) is 77.9 cm³/mol. The number of hydrogen-bond donors (Lipinski definition) is 0. The Morgan fingerprint density at radius 3 is 2.50 bits per heavy atom. The zero-order valence-electron chi connectivity index (χ0n) is 10.4. The largest absolute Gasteiger partial charge is 0.303 e. The van der Waals surface area contributed by atoms with E-state index in [0.29, 0.717) is 5.56 Å². The van der Waals surface area contributed by atoms with Crippen LogP contribution in [0.5, 0.6) is 0 Å². The molecule has 0 aliphatic carbocycles. The van der Waals surface area contributed by atoms with Crippen molar-refractivity contribution in [2.24, 2.45) is 0 Å². The third-order valence-corrected chi connectivity index (χ3v) is 4.41. The van der Waals surface area contributed by atoms with Crippen LogP contribution in [0.2, 0.25) is 0 Å². The smallest absolute Gasteiger partial charge is 0.177 e. The molecule has 0 amide bonds. The van der Waals surface area contributed by atoms with Crippen LogP contribution in [0.3, 0.4) is 0 Å². The first-order valence-electron chi connectivity index (χ1n) is 6.34. The average molecular weight is 284 g/mol. The van der Waals surface area contributed by atoms with E-state index in [1.54, 1.807) is 0 Å². The maximum absolute atomic E-state index is 11.4. The fraction of sp³-hybridized carbons (Fsp3) is 0.500. The van der Waals surface area contributed by atoms with Crippen molar-refractivity contribution in [1.82, 2.24) is 4.90 Å². The van der Waals surface area contributed by atoms with Crippen molar-refractivity contribution in [3.63, 3.8) is 0 Å². The SMILES string of the molecule is O=C(CCl)c1ccc(SCCN2CCCC2)cc1. The lowest BCUT2D eigenvalue weighted by Gasteiger charge is -2.13. The van der Waals surface area contributed by atoms with Gasteiger partial charge in [0.2, 0.25) is 0 Å². The van der Waals surface area contributed by atoms with Gasteiger partial charge in [0.1, 0.15) is 0 Å². The van der Waals surface area contributed by atoms with Gasteiger partial charge < -0.3 is 4.90 Å². The molecule has 18 heavy (non-hydrogen) atoms. The van der Waals surface area contributed by atoms with Crippen LogP contribution in [0.1, 0.15) is 23.2 Å². The Morgan fingerprint density at radius 2 is 1.89 bits per heavy atom. The summed E-state index contributed by atoms with van der Waals surface area (Å²) in [5.41, 5.74) is 0.703. The standard InChI is InChI=1S/C14H18ClNOS/c15-11-14(17)12-3-5-13(6-4-12)18-10-9-16-7-1-2-8-16/h3-6H,1-2,7-11H2. The van der Waals surface area contributed by atoms with Gasteiger partial charge in [0.15, 0.2) is 5.78 Å². The summed E-state index contributed by atoms with van der Waals surface area (Å²) in [5, 5.41) is 0. The minimum atomic E-state index is -0.00900. The summed E-state index contributed by atoms with van der Waals surface area (Å²) in [6.07, 6.45) is 2.69. The van der Waals surface area contributed by atoms with E-state index in [9.17, 15) is 4.79 Å². The number of nitrogens with zero attached hydrogens (tertiary/aromatic N) is 1. The lowest BCUT2D eigenvalue weighted by Crippen LogP contribution is -2.21. The van der Waals surface area contributed by atoms with E-state index in [-0.39, 0.29) is 11.7 Å². The van der Waals surface area contributed by atoms with Crippen LogP contribution < -0.4 is 0 Å². The highest BCUT2D eigenvalue weighted by Gasteiger charge is 2.10. The van der Waals surface area contributed by atoms with E-state index in [1.807, 2.05) is 36.0 Å². The molecule has 2 nitrogen and oxygen atoms in total. The van der Waals surface area contributed by atoms with Crippen molar-refractivity contribution in [3.05, 3.63) is 29.8 Å². The first-order valence-corrected chi connectivity index (χ1v) is 7.86. The molecule has 0 N–H and O–H groups in total. The molecule has 0 spiro atoms. The molecule has 4 heteroatoms. The van der Waals surface area contributed by atoms with Gasteiger partial charge in [0.25, 0.3) is 0 Å². The van der Waals surface area contributed by atoms with Crippen LogP contribution in [0.4, 0.5) is 0 Å². The van der Waals surface area contributed by atoms with Crippen LogP contribution >= 0.6 is 23.4 Å². The number of halogens is 1. The highest BCUT2D eigenvalue weighted by Crippen LogP contribution is 2.19. The Kier molecular flexibility index (Phi) is 5.54. The minimum absolute atomic E-state index is 0.00900. The fourth-order valence-electron chi connectivity index (χ4n) is 2.11. The molecule has 0 saturated carbocycles. The zero-order valence-corrected chi connectivity index (χ0v) is 12.0. The van der Waals surface area contributed by atoms with Gasteiger partial charge in [-0.2, -0.15) is 0 Å². The van der Waals surface area contributed by atoms with Crippen molar-refractivity contribution >= 4 is 29.1 Å². The summed E-state index contributed by atoms with van der Waals surface area (Å²) in [4.78, 5) is 15.1. The van der Waals surface area contributed by atoms with Crippen molar-refractivity contribution in [2.75, 3.05) is 31.3 Å². The number of ketones is 1. The van der Waals surface area contributed by atoms with E-state index in [1.165, 1.54) is 30.8 Å². The van der Waals surface area contributed by atoms with Gasteiger partial charge in [0, 0.05) is 22.8 Å². The monoisotopic (exact) mass is 283 g/mol. The number of hydrogen-bond acceptors (Lipinski definition) is 3. The van der Waals surface area contributed by atoms with Crippen LogP contribution in [0.25, 0.3) is 0 Å². The molecule has 0 atom stereocenters. The number of benzene rings is 1. The van der Waals surface area contributed by atoms with Crippen molar-refractivity contribution in [1.29, 1.82) is 0 Å². The average Bonchev–Trinajstić information content (AvgIpc) is 2.92. The van der Waals surface area contributed by atoms with Gasteiger partial charge in [-0.3, -0.25) is 4.79 Å². The number of thioether (sulfide) groups is 1. The quantitative estimate of drug-likeness (QED) is 0.454. The number of carbonyl (C=O) groups excluding carboxylic acids is 1. The number of rotatable bonds is 6. The molecule has 0 radical (unpaired) electrons. The number of carbonyl (C=O) groups is 1. The molecule has 1 aliphatic heterocycles. The Bertz CT molecular complexity index is 387.